The highest BCUT2D eigenvalue weighted by molar-refractivity contribution is 5.27. The maximum atomic E-state index is 5.84. The summed E-state index contributed by atoms with van der Waals surface area (Å²) in [6.07, 6.45) is 1.33. The molecule has 1 N–H and O–H groups in total. The zero-order chi connectivity index (χ0) is 15.3. The van der Waals surface area contributed by atoms with Gasteiger partial charge in [-0.1, -0.05) is 19.1 Å². The number of likely N-dealkylation sites (tertiary alicyclic amines) is 1. The van der Waals surface area contributed by atoms with Gasteiger partial charge in [0.25, 0.3) is 0 Å². The SMILES string of the molecule is CC1CCN(CCOc2ccc(CNC(C)(C)C)cc2)C1. The molecule has 1 aliphatic heterocycles. The lowest BCUT2D eigenvalue weighted by atomic mass is 10.1. The van der Waals surface area contributed by atoms with E-state index in [1.807, 2.05) is 0 Å². The summed E-state index contributed by atoms with van der Waals surface area (Å²) in [5.74, 6) is 1.82. The highest BCUT2D eigenvalue weighted by Crippen LogP contribution is 2.16. The van der Waals surface area contributed by atoms with Crippen molar-refractivity contribution in [3.8, 4) is 5.75 Å². The Labute approximate surface area is 129 Å². The second-order valence-corrected chi connectivity index (χ2v) is 7.29. The molecule has 21 heavy (non-hydrogen) atoms. The smallest absolute Gasteiger partial charge is 0.119 e. The molecule has 1 aromatic carbocycles. The van der Waals surface area contributed by atoms with Crippen LogP contribution in [0.15, 0.2) is 24.3 Å². The van der Waals surface area contributed by atoms with Crippen molar-refractivity contribution in [2.24, 2.45) is 5.92 Å². The van der Waals surface area contributed by atoms with Crippen molar-refractivity contribution in [1.29, 1.82) is 0 Å². The first-order valence-electron chi connectivity index (χ1n) is 8.11. The van der Waals surface area contributed by atoms with Gasteiger partial charge in [-0.15, -0.1) is 0 Å². The van der Waals surface area contributed by atoms with Crippen molar-refractivity contribution < 1.29 is 4.74 Å². The highest BCUT2D eigenvalue weighted by Gasteiger charge is 2.17. The van der Waals surface area contributed by atoms with Gasteiger partial charge >= 0.3 is 0 Å². The minimum Gasteiger partial charge on any atom is -0.492 e. The van der Waals surface area contributed by atoms with Gasteiger partial charge in [-0.25, -0.2) is 0 Å². The van der Waals surface area contributed by atoms with E-state index in [9.17, 15) is 0 Å². The first-order valence-corrected chi connectivity index (χ1v) is 8.11. The Morgan fingerprint density at radius 1 is 1.24 bits per heavy atom. The summed E-state index contributed by atoms with van der Waals surface area (Å²) in [5.41, 5.74) is 1.45. The summed E-state index contributed by atoms with van der Waals surface area (Å²) < 4.78 is 5.84. The Kier molecular flexibility index (Phi) is 5.65. The molecule has 1 fully saturated rings. The molecule has 1 heterocycles. The third-order valence-electron chi connectivity index (χ3n) is 3.93. The molecule has 0 saturated carbocycles. The van der Waals surface area contributed by atoms with Crippen molar-refractivity contribution >= 4 is 0 Å². The number of hydrogen-bond acceptors (Lipinski definition) is 3. The number of benzene rings is 1. The molecule has 0 amide bonds. The van der Waals surface area contributed by atoms with Gasteiger partial charge in [0, 0.05) is 25.2 Å². The quantitative estimate of drug-likeness (QED) is 0.870. The summed E-state index contributed by atoms with van der Waals surface area (Å²) in [5, 5.41) is 3.49. The first kappa shape index (κ1) is 16.3. The van der Waals surface area contributed by atoms with Crippen LogP contribution in [0.5, 0.6) is 5.75 Å². The molecule has 0 aliphatic carbocycles. The molecule has 0 radical (unpaired) electrons. The lowest BCUT2D eigenvalue weighted by Crippen LogP contribution is -2.35. The Hall–Kier alpha value is -1.06. The van der Waals surface area contributed by atoms with Crippen LogP contribution >= 0.6 is 0 Å². The van der Waals surface area contributed by atoms with Gasteiger partial charge in [0.15, 0.2) is 0 Å². The zero-order valence-corrected chi connectivity index (χ0v) is 14.0. The van der Waals surface area contributed by atoms with E-state index in [2.05, 4.69) is 62.2 Å². The number of ether oxygens (including phenoxy) is 1. The molecule has 0 spiro atoms. The molecule has 1 unspecified atom stereocenters. The van der Waals surface area contributed by atoms with E-state index in [4.69, 9.17) is 4.74 Å². The molecule has 1 saturated heterocycles. The number of rotatable bonds is 6. The van der Waals surface area contributed by atoms with Gasteiger partial charge in [0.2, 0.25) is 0 Å². The van der Waals surface area contributed by atoms with E-state index in [1.54, 1.807) is 0 Å². The van der Waals surface area contributed by atoms with Crippen molar-refractivity contribution in [3.05, 3.63) is 29.8 Å². The number of hydrogen-bond donors (Lipinski definition) is 1. The van der Waals surface area contributed by atoms with Gasteiger partial charge in [-0.3, -0.25) is 4.90 Å². The predicted octanol–water partition coefficient (Wildman–Crippen LogP) is 3.30. The van der Waals surface area contributed by atoms with Crippen LogP contribution in [0.4, 0.5) is 0 Å². The van der Waals surface area contributed by atoms with E-state index in [0.717, 1.165) is 31.4 Å². The summed E-state index contributed by atoms with van der Waals surface area (Å²) in [6.45, 7) is 14.0. The van der Waals surface area contributed by atoms with Crippen LogP contribution in [0.3, 0.4) is 0 Å². The van der Waals surface area contributed by atoms with Crippen LogP contribution < -0.4 is 10.1 Å². The molecule has 1 atom stereocenters. The monoisotopic (exact) mass is 290 g/mol. The third kappa shape index (κ3) is 6.06. The fourth-order valence-corrected chi connectivity index (χ4v) is 2.59. The van der Waals surface area contributed by atoms with E-state index >= 15 is 0 Å². The first-order chi connectivity index (χ1) is 9.92. The molecule has 1 aromatic rings. The maximum absolute atomic E-state index is 5.84. The molecule has 2 rings (SSSR count). The summed E-state index contributed by atoms with van der Waals surface area (Å²) in [7, 11) is 0. The van der Waals surface area contributed by atoms with Crippen molar-refractivity contribution in [3.63, 3.8) is 0 Å². The molecule has 118 valence electrons. The third-order valence-corrected chi connectivity index (χ3v) is 3.93. The normalized spacial score (nSPS) is 19.9. The van der Waals surface area contributed by atoms with Crippen LogP contribution in [-0.2, 0) is 6.54 Å². The van der Waals surface area contributed by atoms with E-state index in [-0.39, 0.29) is 5.54 Å². The minimum absolute atomic E-state index is 0.155. The standard InChI is InChI=1S/C18H30N2O/c1-15-9-10-20(14-15)11-12-21-17-7-5-16(6-8-17)13-19-18(2,3)4/h5-8,15,19H,9-14H2,1-4H3. The van der Waals surface area contributed by atoms with Gasteiger partial charge in [0.05, 0.1) is 0 Å². The van der Waals surface area contributed by atoms with Gasteiger partial charge < -0.3 is 10.1 Å². The Balaban J connectivity index is 1.70. The highest BCUT2D eigenvalue weighted by atomic mass is 16.5. The number of nitrogens with zero attached hydrogens (tertiary/aromatic N) is 1. The van der Waals surface area contributed by atoms with Gasteiger partial charge in [-0.2, -0.15) is 0 Å². The molecule has 3 nitrogen and oxygen atoms in total. The molecule has 3 heteroatoms. The van der Waals surface area contributed by atoms with Crippen LogP contribution in [0.2, 0.25) is 0 Å². The lowest BCUT2D eigenvalue weighted by Gasteiger charge is -2.20. The fraction of sp³-hybridized carbons (Fsp3) is 0.667. The average Bonchev–Trinajstić information content (AvgIpc) is 2.83. The maximum Gasteiger partial charge on any atom is 0.119 e. The summed E-state index contributed by atoms with van der Waals surface area (Å²) in [6, 6.07) is 8.44. The molecular weight excluding hydrogens is 260 g/mol. The van der Waals surface area contributed by atoms with Crippen LogP contribution in [0, 0.1) is 5.92 Å². The van der Waals surface area contributed by atoms with Crippen LogP contribution in [-0.4, -0.2) is 36.7 Å². The van der Waals surface area contributed by atoms with Crippen molar-refractivity contribution in [2.75, 3.05) is 26.2 Å². The van der Waals surface area contributed by atoms with Crippen molar-refractivity contribution in [2.45, 2.75) is 46.2 Å². The molecule has 1 aliphatic rings. The van der Waals surface area contributed by atoms with Crippen LogP contribution in [0.25, 0.3) is 0 Å². The lowest BCUT2D eigenvalue weighted by molar-refractivity contribution is 0.234. The average molecular weight is 290 g/mol. The fourth-order valence-electron chi connectivity index (χ4n) is 2.59. The Morgan fingerprint density at radius 2 is 1.95 bits per heavy atom. The van der Waals surface area contributed by atoms with Crippen LogP contribution in [0.1, 0.15) is 39.7 Å². The van der Waals surface area contributed by atoms with Gasteiger partial charge in [-0.05, 0) is 57.4 Å². The molecular formula is C18H30N2O. The van der Waals surface area contributed by atoms with Gasteiger partial charge in [0.1, 0.15) is 12.4 Å². The van der Waals surface area contributed by atoms with E-state index < -0.39 is 0 Å². The van der Waals surface area contributed by atoms with E-state index in [1.165, 1.54) is 25.1 Å². The zero-order valence-electron chi connectivity index (χ0n) is 14.0. The minimum atomic E-state index is 0.155. The van der Waals surface area contributed by atoms with E-state index in [0.29, 0.717) is 0 Å². The second-order valence-electron chi connectivity index (χ2n) is 7.29. The summed E-state index contributed by atoms with van der Waals surface area (Å²) in [4.78, 5) is 2.49. The topological polar surface area (TPSA) is 24.5 Å². The predicted molar refractivity (Wildman–Crippen MR) is 88.8 cm³/mol. The van der Waals surface area contributed by atoms with Crippen molar-refractivity contribution in [1.82, 2.24) is 10.2 Å². The molecule has 0 bridgehead atoms. The Bertz CT molecular complexity index is 422. The second kappa shape index (κ2) is 7.28. The Morgan fingerprint density at radius 3 is 2.52 bits per heavy atom. The summed E-state index contributed by atoms with van der Waals surface area (Å²) >= 11 is 0. The largest absolute Gasteiger partial charge is 0.492 e. The number of nitrogens with one attached hydrogen (secondary N) is 1. The molecule has 0 aromatic heterocycles.